The lowest BCUT2D eigenvalue weighted by Crippen LogP contribution is -2.48. The number of rotatable bonds is 14. The van der Waals surface area contributed by atoms with Gasteiger partial charge >= 0.3 is 29.8 Å². The van der Waals surface area contributed by atoms with Crippen molar-refractivity contribution in [2.75, 3.05) is 19.8 Å². The van der Waals surface area contributed by atoms with Crippen molar-refractivity contribution < 1.29 is 77.7 Å². The molecule has 0 unspecified atom stereocenters. The molecule has 0 radical (unpaired) electrons. The molecular formula is C21H32O16. The van der Waals surface area contributed by atoms with E-state index in [4.69, 9.17) is 39.4 Å². The first-order valence-corrected chi connectivity index (χ1v) is 10.5. The van der Waals surface area contributed by atoms with Gasteiger partial charge in [-0.15, -0.1) is 0 Å². The lowest BCUT2D eigenvalue weighted by Gasteiger charge is -2.28. The van der Waals surface area contributed by atoms with E-state index in [-0.39, 0.29) is 6.29 Å². The van der Waals surface area contributed by atoms with Gasteiger partial charge in [0.05, 0.1) is 6.61 Å². The first-order chi connectivity index (χ1) is 17.1. The number of carbonyl (C=O) groups is 7. The number of ether oxygens (including phenoxy) is 5. The molecule has 0 amide bonds. The van der Waals surface area contributed by atoms with E-state index in [9.17, 15) is 33.6 Å². The highest BCUT2D eigenvalue weighted by molar-refractivity contribution is 5.86. The van der Waals surface area contributed by atoms with Gasteiger partial charge in [0.1, 0.15) is 24.9 Å². The smallest absolute Gasteiger partial charge is 0.303 e. The molecule has 0 saturated heterocycles. The third-order valence-electron chi connectivity index (χ3n) is 3.85. The Morgan fingerprint density at radius 3 is 1.59 bits per heavy atom. The SMILES string of the molecule is CC(=O)OCC(=O)[C@@H](O)[C@H](O)[C@H](O)CO.CC(=O)OC[C@@H](OC(C)=O)[C@H](OC(C)=O)[C@H](C=O)OC(C)=O. The number of aliphatic hydroxyl groups excluding tert-OH is 4. The van der Waals surface area contributed by atoms with E-state index in [1.807, 2.05) is 0 Å². The maximum absolute atomic E-state index is 11.2. The first kappa shape index (κ1) is 35.7. The molecule has 16 heteroatoms. The van der Waals surface area contributed by atoms with E-state index in [0.29, 0.717) is 0 Å². The number of Topliss-reactive ketones (excluding diaryl/α,β-unsaturated/α-hetero) is 1. The van der Waals surface area contributed by atoms with Crippen LogP contribution in [0, 0.1) is 0 Å². The predicted molar refractivity (Wildman–Crippen MR) is 116 cm³/mol. The van der Waals surface area contributed by atoms with Crippen LogP contribution in [0.5, 0.6) is 0 Å². The normalized spacial score (nSPS) is 15.1. The standard InChI is InChI=1S/C13H18O9.C8H14O7/c1-7(15)19-6-12(21-9(3)17)13(22-10(4)18)11(5-14)20-8(2)16;1-4(10)15-3-6(12)8(14)7(13)5(11)2-9/h5,11-13H,6H2,1-4H3;5,7-9,11,13-14H,2-3H2,1H3/t11-,12+,13+;5-,7-,8-/m01/s1. The summed E-state index contributed by atoms with van der Waals surface area (Å²) in [5.41, 5.74) is 0. The number of carbonyl (C=O) groups excluding carboxylic acids is 7. The lowest BCUT2D eigenvalue weighted by molar-refractivity contribution is -0.188. The molecular weight excluding hydrogens is 508 g/mol. The molecule has 0 spiro atoms. The van der Waals surface area contributed by atoms with Crippen LogP contribution in [0.4, 0.5) is 0 Å². The highest BCUT2D eigenvalue weighted by Crippen LogP contribution is 2.14. The summed E-state index contributed by atoms with van der Waals surface area (Å²) in [7, 11) is 0. The maximum atomic E-state index is 11.2. The number of aliphatic hydroxyl groups is 4. The molecule has 0 aliphatic carbocycles. The summed E-state index contributed by atoms with van der Waals surface area (Å²) in [6.45, 7) is 3.43. The van der Waals surface area contributed by atoms with Crippen LogP contribution >= 0.6 is 0 Å². The summed E-state index contributed by atoms with van der Waals surface area (Å²) < 4.78 is 23.5. The number of hydrogen-bond acceptors (Lipinski definition) is 16. The lowest BCUT2D eigenvalue weighted by atomic mass is 10.1. The minimum Gasteiger partial charge on any atom is -0.462 e. The quantitative estimate of drug-likeness (QED) is 0.0958. The highest BCUT2D eigenvalue weighted by atomic mass is 16.6. The van der Waals surface area contributed by atoms with E-state index in [1.54, 1.807) is 0 Å². The molecule has 0 fully saturated rings. The van der Waals surface area contributed by atoms with Crippen molar-refractivity contribution in [2.45, 2.75) is 71.2 Å². The molecule has 0 aliphatic heterocycles. The van der Waals surface area contributed by atoms with Gasteiger partial charge in [-0.1, -0.05) is 0 Å². The fourth-order valence-corrected chi connectivity index (χ4v) is 2.29. The van der Waals surface area contributed by atoms with Gasteiger partial charge in [-0.3, -0.25) is 33.6 Å². The van der Waals surface area contributed by atoms with E-state index in [1.165, 1.54) is 0 Å². The molecule has 0 heterocycles. The largest absolute Gasteiger partial charge is 0.462 e. The summed E-state index contributed by atoms with van der Waals surface area (Å²) in [5, 5.41) is 35.6. The summed E-state index contributed by atoms with van der Waals surface area (Å²) >= 11 is 0. The molecule has 0 bridgehead atoms. The van der Waals surface area contributed by atoms with Crippen molar-refractivity contribution >= 4 is 41.9 Å². The van der Waals surface area contributed by atoms with Gasteiger partial charge in [0, 0.05) is 34.6 Å². The fraction of sp³-hybridized carbons (Fsp3) is 0.667. The zero-order valence-electron chi connectivity index (χ0n) is 20.9. The highest BCUT2D eigenvalue weighted by Gasteiger charge is 2.37. The maximum Gasteiger partial charge on any atom is 0.303 e. The summed E-state index contributed by atoms with van der Waals surface area (Å²) in [6.07, 6.45) is -9.37. The van der Waals surface area contributed by atoms with Gasteiger partial charge in [0.2, 0.25) is 5.78 Å². The predicted octanol–water partition coefficient (Wildman–Crippen LogP) is -3.26. The third-order valence-corrected chi connectivity index (χ3v) is 3.85. The van der Waals surface area contributed by atoms with Gasteiger partial charge in [-0.05, 0) is 0 Å². The van der Waals surface area contributed by atoms with Gasteiger partial charge < -0.3 is 44.1 Å². The first-order valence-electron chi connectivity index (χ1n) is 10.5. The summed E-state index contributed by atoms with van der Waals surface area (Å²) in [4.78, 5) is 76.6. The second-order valence-electron chi connectivity index (χ2n) is 7.17. The molecule has 0 aromatic heterocycles. The zero-order valence-corrected chi connectivity index (χ0v) is 20.9. The van der Waals surface area contributed by atoms with Crippen LogP contribution in [0.3, 0.4) is 0 Å². The van der Waals surface area contributed by atoms with Gasteiger partial charge in [0.25, 0.3) is 0 Å². The monoisotopic (exact) mass is 540 g/mol. The van der Waals surface area contributed by atoms with Crippen molar-refractivity contribution in [2.24, 2.45) is 0 Å². The van der Waals surface area contributed by atoms with Crippen molar-refractivity contribution in [3.8, 4) is 0 Å². The Labute approximate surface area is 211 Å². The van der Waals surface area contributed by atoms with Crippen LogP contribution in [-0.2, 0) is 57.2 Å². The van der Waals surface area contributed by atoms with Crippen LogP contribution in [0.25, 0.3) is 0 Å². The Bertz CT molecular complexity index is 793. The Morgan fingerprint density at radius 1 is 0.730 bits per heavy atom. The molecule has 4 N–H and O–H groups in total. The van der Waals surface area contributed by atoms with Crippen molar-refractivity contribution in [1.29, 1.82) is 0 Å². The Kier molecular flexibility index (Phi) is 18.1. The zero-order chi connectivity index (χ0) is 29.3. The molecule has 16 nitrogen and oxygen atoms in total. The minimum atomic E-state index is -1.90. The Balaban J connectivity index is 0. The third kappa shape index (κ3) is 16.8. The Morgan fingerprint density at radius 2 is 1.22 bits per heavy atom. The van der Waals surface area contributed by atoms with Crippen LogP contribution in [-0.4, -0.2) is 119 Å². The molecule has 0 aromatic carbocycles. The molecule has 0 aromatic rings. The summed E-state index contributed by atoms with van der Waals surface area (Å²) in [6, 6.07) is 0. The average Bonchev–Trinajstić information content (AvgIpc) is 2.80. The minimum absolute atomic E-state index is 0.221. The van der Waals surface area contributed by atoms with E-state index >= 15 is 0 Å². The van der Waals surface area contributed by atoms with Gasteiger partial charge in [-0.25, -0.2) is 0 Å². The van der Waals surface area contributed by atoms with Crippen molar-refractivity contribution in [1.82, 2.24) is 0 Å². The molecule has 212 valence electrons. The summed E-state index contributed by atoms with van der Waals surface area (Å²) in [5.74, 6) is -4.69. The number of hydrogen-bond donors (Lipinski definition) is 4. The number of esters is 5. The molecule has 6 atom stereocenters. The molecule has 0 rings (SSSR count). The Hall–Kier alpha value is -3.47. The van der Waals surface area contributed by atoms with Crippen LogP contribution in [0.15, 0.2) is 0 Å². The average molecular weight is 540 g/mol. The molecule has 37 heavy (non-hydrogen) atoms. The van der Waals surface area contributed by atoms with Crippen LogP contribution in [0.1, 0.15) is 34.6 Å². The van der Waals surface area contributed by atoms with Crippen molar-refractivity contribution in [3.05, 3.63) is 0 Å². The van der Waals surface area contributed by atoms with Crippen LogP contribution < -0.4 is 0 Å². The van der Waals surface area contributed by atoms with E-state index in [2.05, 4.69) is 4.74 Å². The molecule has 0 aliphatic rings. The van der Waals surface area contributed by atoms with E-state index in [0.717, 1.165) is 34.6 Å². The van der Waals surface area contributed by atoms with Gasteiger partial charge in [0.15, 0.2) is 31.2 Å². The van der Waals surface area contributed by atoms with Crippen molar-refractivity contribution in [3.63, 3.8) is 0 Å². The number of aldehydes is 1. The van der Waals surface area contributed by atoms with Gasteiger partial charge in [-0.2, -0.15) is 0 Å². The number of ketones is 1. The second kappa shape index (κ2) is 18.8. The second-order valence-corrected chi connectivity index (χ2v) is 7.17. The van der Waals surface area contributed by atoms with E-state index < -0.39 is 92.1 Å². The fourth-order valence-electron chi connectivity index (χ4n) is 2.29. The molecule has 0 saturated carbocycles. The topological polar surface area (TPSA) is 247 Å². The van der Waals surface area contributed by atoms with Crippen LogP contribution in [0.2, 0.25) is 0 Å².